The van der Waals surface area contributed by atoms with Gasteiger partial charge in [0.1, 0.15) is 11.9 Å². The van der Waals surface area contributed by atoms with E-state index in [-0.39, 0.29) is 18.7 Å². The molecule has 1 amide bonds. The van der Waals surface area contributed by atoms with Crippen molar-refractivity contribution in [1.82, 2.24) is 4.31 Å². The number of anilines is 1. The van der Waals surface area contributed by atoms with Gasteiger partial charge in [0.25, 0.3) is 0 Å². The maximum Gasteiger partial charge on any atom is 0.243 e. The van der Waals surface area contributed by atoms with Gasteiger partial charge in [-0.05, 0) is 49.1 Å². The van der Waals surface area contributed by atoms with E-state index in [9.17, 15) is 17.6 Å². The maximum atomic E-state index is 13.7. The second-order valence-corrected chi connectivity index (χ2v) is 8.60. The van der Waals surface area contributed by atoms with Crippen LogP contribution in [0.4, 0.5) is 10.1 Å². The van der Waals surface area contributed by atoms with Crippen LogP contribution in [0.1, 0.15) is 23.6 Å². The van der Waals surface area contributed by atoms with Crippen LogP contribution in [0.25, 0.3) is 0 Å². The third kappa shape index (κ3) is 3.64. The SMILES string of the molecule is CCS(=O)(=O)N1Cc2ccccc2CC1C(=O)Nc1ccc(C)c(F)c1. The predicted molar refractivity (Wildman–Crippen MR) is 98.7 cm³/mol. The van der Waals surface area contributed by atoms with Crippen molar-refractivity contribution in [2.24, 2.45) is 0 Å². The van der Waals surface area contributed by atoms with Crippen molar-refractivity contribution in [1.29, 1.82) is 0 Å². The van der Waals surface area contributed by atoms with Crippen LogP contribution in [0, 0.1) is 12.7 Å². The van der Waals surface area contributed by atoms with Crippen molar-refractivity contribution in [3.63, 3.8) is 0 Å². The number of amides is 1. The second-order valence-electron chi connectivity index (χ2n) is 6.39. The molecule has 0 saturated carbocycles. The lowest BCUT2D eigenvalue weighted by atomic mass is 9.95. The Kier molecular flexibility index (Phi) is 5.11. The molecule has 1 aliphatic rings. The molecule has 2 aromatic carbocycles. The van der Waals surface area contributed by atoms with E-state index in [2.05, 4.69) is 5.32 Å². The first kappa shape index (κ1) is 18.5. The van der Waals surface area contributed by atoms with Gasteiger partial charge in [0.05, 0.1) is 5.75 Å². The Hall–Kier alpha value is -2.25. The Morgan fingerprint density at radius 1 is 1.23 bits per heavy atom. The van der Waals surface area contributed by atoms with E-state index in [0.29, 0.717) is 11.3 Å². The molecule has 5 nitrogen and oxygen atoms in total. The smallest absolute Gasteiger partial charge is 0.243 e. The minimum Gasteiger partial charge on any atom is -0.325 e. The highest BCUT2D eigenvalue weighted by atomic mass is 32.2. The highest BCUT2D eigenvalue weighted by molar-refractivity contribution is 7.89. The second kappa shape index (κ2) is 7.17. The third-order valence-electron chi connectivity index (χ3n) is 4.67. The van der Waals surface area contributed by atoms with Crippen molar-refractivity contribution in [3.05, 3.63) is 65.0 Å². The third-order valence-corrected chi connectivity index (χ3v) is 6.50. The Bertz CT molecular complexity index is 944. The van der Waals surface area contributed by atoms with Gasteiger partial charge in [-0.3, -0.25) is 4.79 Å². The number of nitrogens with one attached hydrogen (secondary N) is 1. The number of carbonyl (C=O) groups is 1. The summed E-state index contributed by atoms with van der Waals surface area (Å²) in [5.74, 6) is -0.965. The number of sulfonamides is 1. The lowest BCUT2D eigenvalue weighted by Gasteiger charge is -2.34. The largest absolute Gasteiger partial charge is 0.325 e. The van der Waals surface area contributed by atoms with Gasteiger partial charge < -0.3 is 5.32 Å². The molecular weight excluding hydrogens is 355 g/mol. The molecule has 1 aliphatic heterocycles. The molecule has 1 unspecified atom stereocenters. The van der Waals surface area contributed by atoms with Gasteiger partial charge in [0.15, 0.2) is 0 Å². The number of fused-ring (bicyclic) bond motifs is 1. The summed E-state index contributed by atoms with van der Waals surface area (Å²) in [6.45, 7) is 3.35. The van der Waals surface area contributed by atoms with Gasteiger partial charge >= 0.3 is 0 Å². The van der Waals surface area contributed by atoms with Gasteiger partial charge in [-0.2, -0.15) is 4.31 Å². The Morgan fingerprint density at radius 3 is 2.58 bits per heavy atom. The molecule has 0 aromatic heterocycles. The van der Waals surface area contributed by atoms with E-state index in [1.165, 1.54) is 10.4 Å². The summed E-state index contributed by atoms with van der Waals surface area (Å²) in [4.78, 5) is 12.8. The monoisotopic (exact) mass is 376 g/mol. The molecular formula is C19H21FN2O3S. The molecule has 1 atom stereocenters. The Balaban J connectivity index is 1.91. The van der Waals surface area contributed by atoms with Crippen LogP contribution in [0.15, 0.2) is 42.5 Å². The summed E-state index contributed by atoms with van der Waals surface area (Å²) >= 11 is 0. The number of nitrogens with zero attached hydrogens (tertiary/aromatic N) is 1. The number of halogens is 1. The fourth-order valence-corrected chi connectivity index (χ4v) is 4.30. The van der Waals surface area contributed by atoms with Crippen LogP contribution in [0.5, 0.6) is 0 Å². The van der Waals surface area contributed by atoms with Gasteiger partial charge in [-0.25, -0.2) is 12.8 Å². The molecule has 0 saturated heterocycles. The van der Waals surface area contributed by atoms with Gasteiger partial charge in [-0.15, -0.1) is 0 Å². The van der Waals surface area contributed by atoms with Gasteiger partial charge in [0.2, 0.25) is 15.9 Å². The Labute approximate surface area is 152 Å². The topological polar surface area (TPSA) is 66.5 Å². The molecule has 0 radical (unpaired) electrons. The summed E-state index contributed by atoms with van der Waals surface area (Å²) in [5.41, 5.74) is 2.64. The molecule has 3 rings (SSSR count). The number of rotatable bonds is 4. The fraction of sp³-hybridized carbons (Fsp3) is 0.316. The predicted octanol–water partition coefficient (Wildman–Crippen LogP) is 2.85. The zero-order valence-corrected chi connectivity index (χ0v) is 15.5. The quantitative estimate of drug-likeness (QED) is 0.892. The van der Waals surface area contributed by atoms with Crippen LogP contribution >= 0.6 is 0 Å². The van der Waals surface area contributed by atoms with Crippen LogP contribution in [0.3, 0.4) is 0 Å². The molecule has 138 valence electrons. The highest BCUT2D eigenvalue weighted by Crippen LogP contribution is 2.27. The van der Waals surface area contributed by atoms with Gasteiger partial charge in [0, 0.05) is 12.2 Å². The number of carbonyl (C=O) groups excluding carboxylic acids is 1. The maximum absolute atomic E-state index is 13.7. The fourth-order valence-electron chi connectivity index (χ4n) is 3.08. The van der Waals surface area contributed by atoms with Crippen molar-refractivity contribution in [3.8, 4) is 0 Å². The molecule has 2 aromatic rings. The summed E-state index contributed by atoms with van der Waals surface area (Å²) < 4.78 is 40.0. The van der Waals surface area contributed by atoms with Crippen molar-refractivity contribution in [2.75, 3.05) is 11.1 Å². The van der Waals surface area contributed by atoms with Crippen LogP contribution in [-0.4, -0.2) is 30.4 Å². The average molecular weight is 376 g/mol. The average Bonchev–Trinajstić information content (AvgIpc) is 2.63. The summed E-state index contributed by atoms with van der Waals surface area (Å²) in [5, 5.41) is 2.65. The van der Waals surface area contributed by atoms with E-state index in [1.807, 2.05) is 24.3 Å². The molecule has 1 N–H and O–H groups in total. The molecule has 1 heterocycles. The van der Waals surface area contributed by atoms with Crippen LogP contribution in [0.2, 0.25) is 0 Å². The summed E-state index contributed by atoms with van der Waals surface area (Å²) in [6.07, 6.45) is 0.287. The van der Waals surface area contributed by atoms with Crippen molar-refractivity contribution in [2.45, 2.75) is 32.9 Å². The molecule has 26 heavy (non-hydrogen) atoms. The van der Waals surface area contributed by atoms with Crippen LogP contribution in [-0.2, 0) is 27.8 Å². The normalized spacial score (nSPS) is 17.6. The number of aryl methyl sites for hydroxylation is 1. The molecule has 0 fully saturated rings. The first-order chi connectivity index (χ1) is 12.3. The van der Waals surface area contributed by atoms with E-state index >= 15 is 0 Å². The first-order valence-electron chi connectivity index (χ1n) is 8.45. The standard InChI is InChI=1S/C19H21FN2O3S/c1-3-26(24,25)22-12-15-7-5-4-6-14(15)10-18(22)19(23)21-16-9-8-13(2)17(20)11-16/h4-9,11,18H,3,10,12H2,1-2H3,(H,21,23). The zero-order valence-electron chi connectivity index (χ0n) is 14.7. The van der Waals surface area contributed by atoms with E-state index in [1.54, 1.807) is 26.0 Å². The zero-order chi connectivity index (χ0) is 18.9. The Morgan fingerprint density at radius 2 is 1.92 bits per heavy atom. The molecule has 0 bridgehead atoms. The number of benzene rings is 2. The van der Waals surface area contributed by atoms with Crippen molar-refractivity contribution >= 4 is 21.6 Å². The van der Waals surface area contributed by atoms with E-state index in [0.717, 1.165) is 11.1 Å². The number of hydrogen-bond donors (Lipinski definition) is 1. The summed E-state index contributed by atoms with van der Waals surface area (Å²) in [7, 11) is -3.57. The lowest BCUT2D eigenvalue weighted by molar-refractivity contribution is -0.120. The minimum absolute atomic E-state index is 0.0852. The van der Waals surface area contributed by atoms with Crippen molar-refractivity contribution < 1.29 is 17.6 Å². The minimum atomic E-state index is -3.57. The van der Waals surface area contributed by atoms with E-state index < -0.39 is 27.8 Å². The van der Waals surface area contributed by atoms with Crippen LogP contribution < -0.4 is 5.32 Å². The first-order valence-corrected chi connectivity index (χ1v) is 10.1. The molecule has 7 heteroatoms. The number of hydrogen-bond acceptors (Lipinski definition) is 3. The molecule has 0 aliphatic carbocycles. The van der Waals surface area contributed by atoms with Gasteiger partial charge in [-0.1, -0.05) is 30.3 Å². The van der Waals surface area contributed by atoms with E-state index in [4.69, 9.17) is 0 Å². The highest BCUT2D eigenvalue weighted by Gasteiger charge is 2.37. The lowest BCUT2D eigenvalue weighted by Crippen LogP contribution is -2.51. The molecule has 0 spiro atoms. The summed E-state index contributed by atoms with van der Waals surface area (Å²) in [6, 6.07) is 11.0.